The molecule has 3 aromatic rings. The van der Waals surface area contributed by atoms with Crippen molar-refractivity contribution in [3.8, 4) is 11.1 Å². The Morgan fingerprint density at radius 3 is 2.58 bits per heavy atom. The lowest BCUT2D eigenvalue weighted by molar-refractivity contribution is -0.115. The molecule has 0 atom stereocenters. The van der Waals surface area contributed by atoms with Gasteiger partial charge in [-0.15, -0.1) is 0 Å². The Bertz CT molecular complexity index is 1370. The van der Waals surface area contributed by atoms with Gasteiger partial charge in [-0.1, -0.05) is 6.07 Å². The van der Waals surface area contributed by atoms with Gasteiger partial charge in [-0.05, 0) is 78.9 Å². The molecule has 38 heavy (non-hydrogen) atoms. The van der Waals surface area contributed by atoms with Crippen LogP contribution in [0.25, 0.3) is 17.2 Å². The summed E-state index contributed by atoms with van der Waals surface area (Å²) in [5.74, 6) is -1.06. The van der Waals surface area contributed by atoms with Gasteiger partial charge in [0.25, 0.3) is 11.1 Å². The molecule has 1 saturated carbocycles. The number of amides is 2. The highest BCUT2D eigenvalue weighted by molar-refractivity contribution is 8.18. The van der Waals surface area contributed by atoms with Crippen molar-refractivity contribution < 1.29 is 18.4 Å². The summed E-state index contributed by atoms with van der Waals surface area (Å²) in [6.07, 6.45) is 10.1. The fraction of sp³-hybridized carbons (Fsp3) is 0.296. The number of pyridine rings is 1. The van der Waals surface area contributed by atoms with Gasteiger partial charge in [-0.25, -0.2) is 18.7 Å². The molecule has 2 aromatic heterocycles. The van der Waals surface area contributed by atoms with Crippen molar-refractivity contribution in [1.82, 2.24) is 25.6 Å². The molecule has 196 valence electrons. The minimum Gasteiger partial charge on any atom is -0.341 e. The summed E-state index contributed by atoms with van der Waals surface area (Å²) in [6.45, 7) is 0.454. The average Bonchev–Trinajstić information content (AvgIpc) is 3.24. The van der Waals surface area contributed by atoms with Gasteiger partial charge < -0.3 is 10.2 Å². The van der Waals surface area contributed by atoms with Crippen LogP contribution in [0, 0.1) is 11.6 Å². The topological polar surface area (TPSA) is 100 Å². The standard InChI is InChI=1S/C27H26F2N6O2S/c1-35(26-31-12-9-18(33-26)13-23-25(36)34-27(37)38-23)19-7-5-17(6-8-19)32-15-16-14-30-11-10-20(16)24-21(28)3-2-4-22(24)29/h2-4,9-14,17,19,32H,5-8,15H2,1H3,(H,34,36,37)/b23-13-/t17-,19-. The van der Waals surface area contributed by atoms with Gasteiger partial charge in [0.05, 0.1) is 16.2 Å². The lowest BCUT2D eigenvalue weighted by Crippen LogP contribution is -2.41. The first-order chi connectivity index (χ1) is 18.4. The van der Waals surface area contributed by atoms with Crippen LogP contribution in [0.4, 0.5) is 19.5 Å². The molecule has 1 aliphatic heterocycles. The predicted octanol–water partition coefficient (Wildman–Crippen LogP) is 4.68. The third-order valence-corrected chi connectivity index (χ3v) is 7.67. The third-order valence-electron chi connectivity index (χ3n) is 6.86. The van der Waals surface area contributed by atoms with Crippen molar-refractivity contribution in [3.05, 3.63) is 76.7 Å². The van der Waals surface area contributed by atoms with Crippen LogP contribution in [0.5, 0.6) is 0 Å². The number of halogens is 2. The van der Waals surface area contributed by atoms with E-state index >= 15 is 0 Å². The van der Waals surface area contributed by atoms with Gasteiger partial charge in [0.15, 0.2) is 0 Å². The second kappa shape index (κ2) is 11.4. The van der Waals surface area contributed by atoms with E-state index in [-0.39, 0.29) is 17.6 Å². The number of hydrogen-bond donors (Lipinski definition) is 2. The zero-order chi connectivity index (χ0) is 26.6. The molecule has 1 aliphatic carbocycles. The van der Waals surface area contributed by atoms with Crippen molar-refractivity contribution in [2.24, 2.45) is 0 Å². The summed E-state index contributed by atoms with van der Waals surface area (Å²) in [7, 11) is 1.95. The Morgan fingerprint density at radius 1 is 1.11 bits per heavy atom. The molecule has 8 nitrogen and oxygen atoms in total. The molecule has 3 heterocycles. The number of anilines is 1. The highest BCUT2D eigenvalue weighted by atomic mass is 32.2. The summed E-state index contributed by atoms with van der Waals surface area (Å²) in [4.78, 5) is 38.7. The molecule has 1 saturated heterocycles. The lowest BCUT2D eigenvalue weighted by Gasteiger charge is -2.35. The van der Waals surface area contributed by atoms with Gasteiger partial charge in [0.1, 0.15) is 11.6 Å². The van der Waals surface area contributed by atoms with E-state index in [1.165, 1.54) is 18.2 Å². The number of imide groups is 1. The molecule has 0 radical (unpaired) electrons. The molecule has 0 spiro atoms. The van der Waals surface area contributed by atoms with Crippen molar-refractivity contribution >= 4 is 34.9 Å². The fourth-order valence-electron chi connectivity index (χ4n) is 4.82. The molecule has 2 fully saturated rings. The highest BCUT2D eigenvalue weighted by Crippen LogP contribution is 2.30. The molecular formula is C27H26F2N6O2S. The first-order valence-electron chi connectivity index (χ1n) is 12.3. The van der Waals surface area contributed by atoms with Crippen LogP contribution >= 0.6 is 11.8 Å². The van der Waals surface area contributed by atoms with Gasteiger partial charge in [-0.3, -0.25) is 19.9 Å². The minimum absolute atomic E-state index is 0.0336. The number of hydrogen-bond acceptors (Lipinski definition) is 8. The van der Waals surface area contributed by atoms with Crippen LogP contribution in [0.15, 0.2) is 53.8 Å². The SMILES string of the molecule is CN(c1nccc(/C=C2\SC(=O)NC2=O)n1)[C@H]1CC[C@H](NCc2cnccc2-c2c(F)cccc2F)CC1. The van der Waals surface area contributed by atoms with E-state index in [0.29, 0.717) is 28.7 Å². The molecule has 1 aromatic carbocycles. The fourth-order valence-corrected chi connectivity index (χ4v) is 5.49. The number of rotatable bonds is 7. The first-order valence-corrected chi connectivity index (χ1v) is 13.1. The molecule has 0 unspecified atom stereocenters. The smallest absolute Gasteiger partial charge is 0.290 e. The average molecular weight is 537 g/mol. The van der Waals surface area contributed by atoms with Crippen LogP contribution in [-0.4, -0.2) is 45.2 Å². The van der Waals surface area contributed by atoms with E-state index in [1.807, 2.05) is 11.9 Å². The molecule has 2 aliphatic rings. The molecule has 2 amide bonds. The number of carbonyl (C=O) groups excluding carboxylic acids is 2. The summed E-state index contributed by atoms with van der Waals surface area (Å²) in [5.41, 5.74) is 1.77. The molecule has 5 rings (SSSR count). The van der Waals surface area contributed by atoms with Crippen LogP contribution in [-0.2, 0) is 11.3 Å². The van der Waals surface area contributed by atoms with E-state index < -0.39 is 22.8 Å². The van der Waals surface area contributed by atoms with E-state index in [0.717, 1.165) is 43.0 Å². The Labute approximate surface area is 223 Å². The number of nitrogens with one attached hydrogen (secondary N) is 2. The summed E-state index contributed by atoms with van der Waals surface area (Å²) in [6, 6.07) is 7.71. The Balaban J connectivity index is 1.19. The monoisotopic (exact) mass is 536 g/mol. The number of nitrogens with zero attached hydrogens (tertiary/aromatic N) is 4. The lowest BCUT2D eigenvalue weighted by atomic mass is 9.90. The van der Waals surface area contributed by atoms with Crippen LogP contribution in [0.2, 0.25) is 0 Å². The van der Waals surface area contributed by atoms with Crippen molar-refractivity contribution in [3.63, 3.8) is 0 Å². The Morgan fingerprint density at radius 2 is 1.87 bits per heavy atom. The Hall–Kier alpha value is -3.70. The van der Waals surface area contributed by atoms with E-state index in [1.54, 1.807) is 36.8 Å². The number of thioether (sulfide) groups is 1. The first kappa shape index (κ1) is 25.9. The quantitative estimate of drug-likeness (QED) is 0.420. The minimum atomic E-state index is -0.595. The van der Waals surface area contributed by atoms with E-state index in [4.69, 9.17) is 0 Å². The largest absolute Gasteiger partial charge is 0.341 e. The second-order valence-corrected chi connectivity index (χ2v) is 10.3. The molecule has 11 heteroatoms. The van der Waals surface area contributed by atoms with Crippen molar-refractivity contribution in [2.45, 2.75) is 44.3 Å². The predicted molar refractivity (Wildman–Crippen MR) is 142 cm³/mol. The number of aromatic nitrogens is 3. The van der Waals surface area contributed by atoms with E-state index in [2.05, 4.69) is 25.6 Å². The number of benzene rings is 1. The van der Waals surface area contributed by atoms with Gasteiger partial charge in [0.2, 0.25) is 5.95 Å². The molecular weight excluding hydrogens is 510 g/mol. The normalized spacial score (nSPS) is 20.6. The van der Waals surface area contributed by atoms with Gasteiger partial charge >= 0.3 is 0 Å². The van der Waals surface area contributed by atoms with Gasteiger partial charge in [0, 0.05) is 44.3 Å². The second-order valence-electron chi connectivity index (χ2n) is 9.26. The molecule has 2 N–H and O–H groups in total. The van der Waals surface area contributed by atoms with Crippen LogP contribution in [0.3, 0.4) is 0 Å². The summed E-state index contributed by atoms with van der Waals surface area (Å²) >= 11 is 0.854. The van der Waals surface area contributed by atoms with Crippen molar-refractivity contribution in [2.75, 3.05) is 11.9 Å². The van der Waals surface area contributed by atoms with Gasteiger partial charge in [-0.2, -0.15) is 0 Å². The summed E-state index contributed by atoms with van der Waals surface area (Å²) < 4.78 is 28.8. The maximum atomic E-state index is 14.4. The number of carbonyl (C=O) groups is 2. The maximum absolute atomic E-state index is 14.4. The maximum Gasteiger partial charge on any atom is 0.290 e. The van der Waals surface area contributed by atoms with Crippen molar-refractivity contribution in [1.29, 1.82) is 0 Å². The van der Waals surface area contributed by atoms with Crippen LogP contribution in [0.1, 0.15) is 36.9 Å². The molecule has 0 bridgehead atoms. The van der Waals surface area contributed by atoms with E-state index in [9.17, 15) is 18.4 Å². The van der Waals surface area contributed by atoms with Crippen LogP contribution < -0.4 is 15.5 Å². The third kappa shape index (κ3) is 5.73. The zero-order valence-corrected chi connectivity index (χ0v) is 21.5. The zero-order valence-electron chi connectivity index (χ0n) is 20.7. The highest BCUT2D eigenvalue weighted by Gasteiger charge is 2.27. The Kier molecular flexibility index (Phi) is 7.75. The summed E-state index contributed by atoms with van der Waals surface area (Å²) in [5, 5.41) is 5.38.